The van der Waals surface area contributed by atoms with Gasteiger partial charge in [-0.25, -0.2) is 4.79 Å². The topological polar surface area (TPSA) is 103 Å². The van der Waals surface area contributed by atoms with Crippen LogP contribution in [-0.4, -0.2) is 49.4 Å². The van der Waals surface area contributed by atoms with Gasteiger partial charge in [0.15, 0.2) is 0 Å². The van der Waals surface area contributed by atoms with Crippen LogP contribution in [0.1, 0.15) is 63.7 Å². The number of benzene rings is 1. The minimum Gasteiger partial charge on any atom is -0.490 e. The lowest BCUT2D eigenvalue weighted by Gasteiger charge is -2.27. The Balaban J connectivity index is 1.70. The van der Waals surface area contributed by atoms with E-state index in [0.29, 0.717) is 24.5 Å². The molecule has 0 aromatic heterocycles. The molecule has 0 atom stereocenters. The summed E-state index contributed by atoms with van der Waals surface area (Å²) in [4.78, 5) is 35.6. The number of ether oxygens (including phenoxy) is 3. The number of esters is 1. The second kappa shape index (κ2) is 11.6. The number of amides is 2. The van der Waals surface area contributed by atoms with E-state index in [2.05, 4.69) is 10.6 Å². The third-order valence-corrected chi connectivity index (χ3v) is 4.79. The standard InChI is InChI=1S/C23H34N2O6/c1-5-29-21(27)17-8-12-19(13-9-17)30-18-10-6-16(7-11-18)20(26)24-14-15-25-22(28)31-23(2,3)4/h6-7,10-11,17,19H,5,8-9,12-15H2,1-4H3,(H,24,26)(H,25,28)/t17-,19+. The molecule has 0 radical (unpaired) electrons. The Morgan fingerprint density at radius 2 is 1.58 bits per heavy atom. The number of hydrogen-bond acceptors (Lipinski definition) is 6. The molecule has 0 bridgehead atoms. The molecule has 0 saturated heterocycles. The fraction of sp³-hybridized carbons (Fsp3) is 0.609. The van der Waals surface area contributed by atoms with E-state index in [4.69, 9.17) is 14.2 Å². The van der Waals surface area contributed by atoms with Gasteiger partial charge in [0.1, 0.15) is 11.4 Å². The Kier molecular flexibility index (Phi) is 9.15. The SMILES string of the molecule is CCOC(=O)[C@H]1CC[C@@H](Oc2ccc(C(=O)NCCNC(=O)OC(C)(C)C)cc2)CC1. The zero-order valence-corrected chi connectivity index (χ0v) is 18.9. The molecule has 2 N–H and O–H groups in total. The maximum atomic E-state index is 12.2. The largest absolute Gasteiger partial charge is 0.490 e. The van der Waals surface area contributed by atoms with E-state index in [1.54, 1.807) is 45.0 Å². The molecule has 8 heteroatoms. The van der Waals surface area contributed by atoms with Gasteiger partial charge in [-0.15, -0.1) is 0 Å². The molecule has 0 spiro atoms. The van der Waals surface area contributed by atoms with E-state index >= 15 is 0 Å². The quantitative estimate of drug-likeness (QED) is 0.480. The number of rotatable bonds is 8. The van der Waals surface area contributed by atoms with Gasteiger partial charge in [0, 0.05) is 18.7 Å². The van der Waals surface area contributed by atoms with Gasteiger partial charge in [0.05, 0.1) is 18.6 Å². The van der Waals surface area contributed by atoms with Crippen molar-refractivity contribution in [2.24, 2.45) is 5.92 Å². The van der Waals surface area contributed by atoms with E-state index in [0.717, 1.165) is 25.7 Å². The Labute approximate surface area is 184 Å². The second-order valence-electron chi connectivity index (χ2n) is 8.55. The molecule has 1 aromatic rings. The lowest BCUT2D eigenvalue weighted by molar-refractivity contribution is -0.149. The summed E-state index contributed by atoms with van der Waals surface area (Å²) in [6.45, 7) is 8.16. The highest BCUT2D eigenvalue weighted by molar-refractivity contribution is 5.94. The summed E-state index contributed by atoms with van der Waals surface area (Å²) < 4.78 is 16.2. The molecule has 1 aliphatic carbocycles. The lowest BCUT2D eigenvalue weighted by atomic mass is 9.87. The molecule has 0 unspecified atom stereocenters. The van der Waals surface area contributed by atoms with Crippen molar-refractivity contribution in [2.45, 2.75) is 65.1 Å². The highest BCUT2D eigenvalue weighted by Gasteiger charge is 2.28. The Morgan fingerprint density at radius 3 is 2.16 bits per heavy atom. The van der Waals surface area contributed by atoms with Gasteiger partial charge in [-0.1, -0.05) is 0 Å². The molecule has 1 saturated carbocycles. The molecule has 8 nitrogen and oxygen atoms in total. The van der Waals surface area contributed by atoms with Crippen LogP contribution in [0.4, 0.5) is 4.79 Å². The molecule has 0 aliphatic heterocycles. The maximum absolute atomic E-state index is 12.2. The number of carbonyl (C=O) groups excluding carboxylic acids is 3. The monoisotopic (exact) mass is 434 g/mol. The van der Waals surface area contributed by atoms with Gasteiger partial charge in [-0.3, -0.25) is 9.59 Å². The lowest BCUT2D eigenvalue weighted by Crippen LogP contribution is -2.37. The van der Waals surface area contributed by atoms with Crippen molar-refractivity contribution in [1.29, 1.82) is 0 Å². The maximum Gasteiger partial charge on any atom is 0.407 e. The first-order valence-electron chi connectivity index (χ1n) is 10.9. The van der Waals surface area contributed by atoms with Gasteiger partial charge in [0.2, 0.25) is 0 Å². The second-order valence-corrected chi connectivity index (χ2v) is 8.55. The molecule has 2 amide bonds. The number of alkyl carbamates (subject to hydrolysis) is 1. The van der Waals surface area contributed by atoms with Crippen molar-refractivity contribution in [3.63, 3.8) is 0 Å². The van der Waals surface area contributed by atoms with Crippen molar-refractivity contribution in [2.75, 3.05) is 19.7 Å². The summed E-state index contributed by atoms with van der Waals surface area (Å²) in [7, 11) is 0. The predicted octanol–water partition coefficient (Wildman–Crippen LogP) is 3.44. The van der Waals surface area contributed by atoms with Crippen LogP contribution in [0.15, 0.2) is 24.3 Å². The van der Waals surface area contributed by atoms with E-state index in [-0.39, 0.29) is 30.4 Å². The number of carbonyl (C=O) groups is 3. The Hall–Kier alpha value is -2.77. The van der Waals surface area contributed by atoms with Crippen molar-refractivity contribution in [3.8, 4) is 5.75 Å². The zero-order valence-electron chi connectivity index (χ0n) is 18.9. The molecule has 2 rings (SSSR count). The van der Waals surface area contributed by atoms with E-state index in [1.165, 1.54) is 0 Å². The van der Waals surface area contributed by atoms with Gasteiger partial charge in [-0.2, -0.15) is 0 Å². The molecule has 172 valence electrons. The van der Waals surface area contributed by atoms with Crippen LogP contribution >= 0.6 is 0 Å². The molecule has 1 aliphatic rings. The summed E-state index contributed by atoms with van der Waals surface area (Å²) in [5.41, 5.74) is -0.0483. The third-order valence-electron chi connectivity index (χ3n) is 4.79. The fourth-order valence-electron chi connectivity index (χ4n) is 3.31. The average molecular weight is 435 g/mol. The van der Waals surface area contributed by atoms with Crippen molar-refractivity contribution < 1.29 is 28.6 Å². The number of hydrogen-bond donors (Lipinski definition) is 2. The summed E-state index contributed by atoms with van der Waals surface area (Å²) in [6, 6.07) is 6.95. The van der Waals surface area contributed by atoms with Crippen LogP contribution in [-0.2, 0) is 14.3 Å². The van der Waals surface area contributed by atoms with Gasteiger partial charge < -0.3 is 24.8 Å². The van der Waals surface area contributed by atoms with Crippen molar-refractivity contribution in [3.05, 3.63) is 29.8 Å². The molecular formula is C23H34N2O6. The van der Waals surface area contributed by atoms with Gasteiger partial charge >= 0.3 is 12.1 Å². The Bertz CT molecular complexity index is 733. The first-order chi connectivity index (χ1) is 14.7. The fourth-order valence-corrected chi connectivity index (χ4v) is 3.31. The minimum atomic E-state index is -0.558. The van der Waals surface area contributed by atoms with E-state index in [1.807, 2.05) is 6.92 Å². The smallest absolute Gasteiger partial charge is 0.407 e. The zero-order chi connectivity index (χ0) is 22.9. The first-order valence-corrected chi connectivity index (χ1v) is 10.9. The minimum absolute atomic E-state index is 0.0318. The van der Waals surface area contributed by atoms with Crippen LogP contribution in [0.3, 0.4) is 0 Å². The molecule has 0 heterocycles. The van der Waals surface area contributed by atoms with Crippen LogP contribution in [0, 0.1) is 5.92 Å². The summed E-state index contributed by atoms with van der Waals surface area (Å²) in [6.07, 6.45) is 2.68. The highest BCUT2D eigenvalue weighted by Crippen LogP contribution is 2.28. The average Bonchev–Trinajstić information content (AvgIpc) is 2.71. The van der Waals surface area contributed by atoms with Crippen molar-refractivity contribution in [1.82, 2.24) is 10.6 Å². The number of nitrogens with one attached hydrogen (secondary N) is 2. The third kappa shape index (κ3) is 8.86. The molecule has 1 aromatic carbocycles. The normalized spacial score (nSPS) is 18.6. The van der Waals surface area contributed by atoms with Gasteiger partial charge in [0.25, 0.3) is 5.91 Å². The van der Waals surface area contributed by atoms with Crippen LogP contribution in [0.25, 0.3) is 0 Å². The summed E-state index contributed by atoms with van der Waals surface area (Å²) in [5.74, 6) is 0.323. The molecule has 31 heavy (non-hydrogen) atoms. The predicted molar refractivity (Wildman–Crippen MR) is 116 cm³/mol. The van der Waals surface area contributed by atoms with Crippen LogP contribution in [0.5, 0.6) is 5.75 Å². The van der Waals surface area contributed by atoms with Gasteiger partial charge in [-0.05, 0) is 77.6 Å². The molecular weight excluding hydrogens is 400 g/mol. The van der Waals surface area contributed by atoms with Crippen LogP contribution < -0.4 is 15.4 Å². The Morgan fingerprint density at radius 1 is 0.968 bits per heavy atom. The van der Waals surface area contributed by atoms with Crippen molar-refractivity contribution >= 4 is 18.0 Å². The van der Waals surface area contributed by atoms with E-state index in [9.17, 15) is 14.4 Å². The molecule has 1 fully saturated rings. The summed E-state index contributed by atoms with van der Waals surface area (Å²) in [5, 5.41) is 5.34. The van der Waals surface area contributed by atoms with E-state index < -0.39 is 11.7 Å². The highest BCUT2D eigenvalue weighted by atomic mass is 16.6. The summed E-state index contributed by atoms with van der Waals surface area (Å²) >= 11 is 0. The van der Waals surface area contributed by atoms with Crippen LogP contribution in [0.2, 0.25) is 0 Å². The first kappa shape index (κ1) is 24.5.